The maximum absolute atomic E-state index is 11.7. The molecule has 0 aromatic rings. The van der Waals surface area contributed by atoms with Gasteiger partial charge < -0.3 is 9.47 Å². The second-order valence-electron chi connectivity index (χ2n) is 9.57. The summed E-state index contributed by atoms with van der Waals surface area (Å²) >= 11 is 0. The summed E-state index contributed by atoms with van der Waals surface area (Å²) < 4.78 is 10.8. The van der Waals surface area contributed by atoms with E-state index in [0.29, 0.717) is 0 Å². The minimum atomic E-state index is -0.731. The summed E-state index contributed by atoms with van der Waals surface area (Å²) in [5.74, 6) is -0.917. The van der Waals surface area contributed by atoms with Crippen LogP contribution >= 0.6 is 0 Å². The summed E-state index contributed by atoms with van der Waals surface area (Å²) in [6.07, 6.45) is 29.3. The highest BCUT2D eigenvalue weighted by atomic mass is 16.8. The van der Waals surface area contributed by atoms with Gasteiger partial charge in [-0.15, -0.1) is 0 Å². The van der Waals surface area contributed by atoms with Crippen LogP contribution in [0.15, 0.2) is 12.2 Å². The maximum Gasteiger partial charge on any atom is 0.337 e. The Morgan fingerprint density at radius 2 is 1.13 bits per heavy atom. The van der Waals surface area contributed by atoms with E-state index in [1.807, 2.05) is 0 Å². The lowest BCUT2D eigenvalue weighted by Crippen LogP contribution is -2.21. The molecule has 0 N–H and O–H groups in total. The van der Waals surface area contributed by atoms with Gasteiger partial charge in [0.1, 0.15) is 0 Å². The number of esters is 1. The number of hydrogen-bond acceptors (Lipinski definition) is 3. The van der Waals surface area contributed by atoms with E-state index in [1.165, 1.54) is 109 Å². The van der Waals surface area contributed by atoms with Gasteiger partial charge in [0.25, 0.3) is 0 Å². The quantitative estimate of drug-likeness (QED) is 0.112. The smallest absolute Gasteiger partial charge is 0.337 e. The van der Waals surface area contributed by atoms with Crippen LogP contribution in [-0.2, 0) is 14.3 Å². The monoisotopic (exact) mass is 422 g/mol. The summed E-state index contributed by atoms with van der Waals surface area (Å²) in [4.78, 5) is 11.7. The van der Waals surface area contributed by atoms with Gasteiger partial charge >= 0.3 is 5.97 Å². The molecule has 1 aliphatic heterocycles. The Kier molecular flexibility index (Phi) is 16.2. The highest BCUT2D eigenvalue weighted by Crippen LogP contribution is 2.26. The van der Waals surface area contributed by atoms with Crippen molar-refractivity contribution < 1.29 is 14.3 Å². The normalized spacial score (nSPS) is 18.4. The van der Waals surface area contributed by atoms with Crippen molar-refractivity contribution in [3.05, 3.63) is 12.2 Å². The number of cyclic esters (lactones) is 1. The van der Waals surface area contributed by atoms with Crippen LogP contribution in [0.3, 0.4) is 0 Å². The van der Waals surface area contributed by atoms with Crippen molar-refractivity contribution in [1.29, 1.82) is 0 Å². The van der Waals surface area contributed by atoms with Crippen LogP contribution in [0.4, 0.5) is 0 Å². The molecule has 3 heteroatoms. The van der Waals surface area contributed by atoms with E-state index in [9.17, 15) is 4.79 Å². The fourth-order valence-corrected chi connectivity index (χ4v) is 4.18. The molecule has 30 heavy (non-hydrogen) atoms. The number of carbonyl (C=O) groups is 1. The molecule has 0 aromatic carbocycles. The van der Waals surface area contributed by atoms with Crippen molar-refractivity contribution >= 4 is 5.97 Å². The number of unbranched alkanes of at least 4 members (excludes halogenated alkanes) is 16. The molecule has 0 unspecified atom stereocenters. The number of allylic oxidation sites excluding steroid dienone is 2. The van der Waals surface area contributed by atoms with Crippen LogP contribution < -0.4 is 0 Å². The maximum atomic E-state index is 11.7. The molecule has 0 bridgehead atoms. The summed E-state index contributed by atoms with van der Waals surface area (Å²) in [6, 6.07) is 0. The van der Waals surface area contributed by atoms with Crippen LogP contribution in [0.1, 0.15) is 143 Å². The fourth-order valence-electron chi connectivity index (χ4n) is 4.18. The van der Waals surface area contributed by atoms with Crippen LogP contribution in [0.25, 0.3) is 0 Å². The van der Waals surface area contributed by atoms with Gasteiger partial charge in [-0.1, -0.05) is 109 Å². The molecule has 1 heterocycles. The topological polar surface area (TPSA) is 35.5 Å². The minimum absolute atomic E-state index is 0.187. The molecule has 1 rings (SSSR count). The van der Waals surface area contributed by atoms with E-state index in [1.54, 1.807) is 13.8 Å². The molecule has 0 spiro atoms. The Morgan fingerprint density at radius 1 is 0.700 bits per heavy atom. The Bertz CT molecular complexity index is 441. The predicted molar refractivity (Wildman–Crippen MR) is 128 cm³/mol. The van der Waals surface area contributed by atoms with Crippen molar-refractivity contribution in [1.82, 2.24) is 0 Å². The summed E-state index contributed by atoms with van der Waals surface area (Å²) in [6.45, 7) is 5.89. The zero-order chi connectivity index (χ0) is 21.9. The predicted octanol–water partition coefficient (Wildman–Crippen LogP) is 8.65. The lowest BCUT2D eigenvalue weighted by molar-refractivity contribution is -0.160. The third-order valence-electron chi connectivity index (χ3n) is 6.01. The van der Waals surface area contributed by atoms with Crippen LogP contribution in [0.2, 0.25) is 0 Å². The van der Waals surface area contributed by atoms with Crippen molar-refractivity contribution in [2.75, 3.05) is 0 Å². The van der Waals surface area contributed by atoms with Gasteiger partial charge in [0.15, 0.2) is 6.10 Å². The number of carbonyl (C=O) groups excluding carboxylic acids is 1. The van der Waals surface area contributed by atoms with Crippen LogP contribution in [0.5, 0.6) is 0 Å². The highest BCUT2D eigenvalue weighted by molar-refractivity contribution is 5.76. The first-order valence-electron chi connectivity index (χ1n) is 13.1. The van der Waals surface area contributed by atoms with E-state index in [4.69, 9.17) is 9.47 Å². The van der Waals surface area contributed by atoms with Crippen molar-refractivity contribution in [2.45, 2.75) is 155 Å². The summed E-state index contributed by atoms with van der Waals surface area (Å²) in [5, 5.41) is 0. The first kappa shape index (κ1) is 27.2. The molecule has 0 radical (unpaired) electrons. The molecule has 1 fully saturated rings. The van der Waals surface area contributed by atoms with Gasteiger partial charge in [-0.3, -0.25) is 0 Å². The van der Waals surface area contributed by atoms with Gasteiger partial charge in [-0.2, -0.15) is 0 Å². The van der Waals surface area contributed by atoms with E-state index in [0.717, 1.165) is 12.8 Å². The number of rotatable bonds is 20. The molecule has 0 saturated carbocycles. The molecule has 0 aliphatic carbocycles. The average molecular weight is 423 g/mol. The number of ether oxygens (including phenoxy) is 2. The van der Waals surface area contributed by atoms with E-state index >= 15 is 0 Å². The Morgan fingerprint density at radius 3 is 1.57 bits per heavy atom. The third-order valence-corrected chi connectivity index (χ3v) is 6.01. The van der Waals surface area contributed by atoms with E-state index < -0.39 is 5.79 Å². The Hall–Kier alpha value is -0.830. The largest absolute Gasteiger partial charge is 0.432 e. The second-order valence-corrected chi connectivity index (χ2v) is 9.57. The molecule has 0 aromatic heterocycles. The molecular formula is C27H50O3. The lowest BCUT2D eigenvalue weighted by Gasteiger charge is -2.15. The Labute approximate surface area is 187 Å². The first-order chi connectivity index (χ1) is 14.5. The molecule has 176 valence electrons. The van der Waals surface area contributed by atoms with Gasteiger partial charge in [-0.05, 0) is 32.1 Å². The standard InChI is InChI=1S/C27H50O3/c1-4-5-6-7-8-9-10-11-12-13-14-15-16-17-18-19-20-21-22-23-24-25-26(28)30-27(2,3)29-25/h11-12,25H,4-10,13-24H2,1-3H3/b12-11-/t25-/m1/s1. The molecule has 1 aliphatic rings. The zero-order valence-corrected chi connectivity index (χ0v) is 20.4. The van der Waals surface area contributed by atoms with Gasteiger partial charge in [0.05, 0.1) is 0 Å². The molecule has 1 saturated heterocycles. The average Bonchev–Trinajstić information content (AvgIpc) is 2.97. The van der Waals surface area contributed by atoms with Crippen molar-refractivity contribution in [3.8, 4) is 0 Å². The fraction of sp³-hybridized carbons (Fsp3) is 0.889. The summed E-state index contributed by atoms with van der Waals surface area (Å²) in [7, 11) is 0. The van der Waals surface area contributed by atoms with Crippen LogP contribution in [-0.4, -0.2) is 17.9 Å². The molecule has 0 amide bonds. The highest BCUT2D eigenvalue weighted by Gasteiger charge is 2.40. The van der Waals surface area contributed by atoms with E-state index in [-0.39, 0.29) is 12.1 Å². The van der Waals surface area contributed by atoms with Gasteiger partial charge in [-0.25, -0.2) is 4.79 Å². The molecule has 1 atom stereocenters. The molecule has 3 nitrogen and oxygen atoms in total. The SMILES string of the molecule is CCCCCCCC/C=C\CCCCCCCCCCCC[C@H]1OC(C)(C)OC1=O. The van der Waals surface area contributed by atoms with Gasteiger partial charge in [0, 0.05) is 13.8 Å². The second kappa shape index (κ2) is 17.8. The Balaban J connectivity index is 1.75. The zero-order valence-electron chi connectivity index (χ0n) is 20.4. The van der Waals surface area contributed by atoms with Crippen LogP contribution in [0, 0.1) is 0 Å². The summed E-state index contributed by atoms with van der Waals surface area (Å²) in [5.41, 5.74) is 0. The third kappa shape index (κ3) is 15.0. The van der Waals surface area contributed by atoms with Gasteiger partial charge in [0.2, 0.25) is 5.79 Å². The van der Waals surface area contributed by atoms with Crippen molar-refractivity contribution in [3.63, 3.8) is 0 Å². The van der Waals surface area contributed by atoms with Crippen molar-refractivity contribution in [2.24, 2.45) is 0 Å². The number of hydrogen-bond donors (Lipinski definition) is 0. The lowest BCUT2D eigenvalue weighted by atomic mass is 10.0. The van der Waals surface area contributed by atoms with E-state index in [2.05, 4.69) is 19.1 Å². The minimum Gasteiger partial charge on any atom is -0.432 e. The first-order valence-corrected chi connectivity index (χ1v) is 13.1. The molecular weight excluding hydrogens is 372 g/mol.